The molecule has 0 bridgehead atoms. The van der Waals surface area contributed by atoms with Crippen LogP contribution >= 0.6 is 23.2 Å². The first-order chi connectivity index (χ1) is 16.8. The second-order valence-electron chi connectivity index (χ2n) is 7.97. The summed E-state index contributed by atoms with van der Waals surface area (Å²) in [4.78, 5) is 54.3. The fraction of sp³-hybridized carbons (Fsp3) is 0.261. The van der Waals surface area contributed by atoms with Crippen molar-refractivity contribution in [2.24, 2.45) is 0 Å². The number of anilines is 3. The van der Waals surface area contributed by atoms with Gasteiger partial charge in [-0.2, -0.15) is 0 Å². The van der Waals surface area contributed by atoms with E-state index >= 15 is 0 Å². The van der Waals surface area contributed by atoms with Crippen molar-refractivity contribution in [2.75, 3.05) is 41.7 Å². The summed E-state index contributed by atoms with van der Waals surface area (Å²) in [6.07, 6.45) is 2.29. The lowest BCUT2D eigenvalue weighted by Crippen LogP contribution is -2.50. The molecule has 1 aliphatic rings. The third-order valence-corrected chi connectivity index (χ3v) is 6.24. The molecule has 10 nitrogen and oxygen atoms in total. The van der Waals surface area contributed by atoms with E-state index in [2.05, 4.69) is 20.9 Å². The number of rotatable bonds is 8. The number of carboxylic acids is 1. The van der Waals surface area contributed by atoms with E-state index in [-0.39, 0.29) is 27.7 Å². The van der Waals surface area contributed by atoms with Crippen LogP contribution in [0.2, 0.25) is 10.0 Å². The number of halogens is 2. The molecule has 3 aromatic rings. The van der Waals surface area contributed by atoms with Gasteiger partial charge in [-0.25, -0.2) is 0 Å². The second-order valence-corrected chi connectivity index (χ2v) is 8.78. The molecule has 182 valence electrons. The van der Waals surface area contributed by atoms with Crippen molar-refractivity contribution in [3.8, 4) is 0 Å². The average molecular weight is 518 g/mol. The molecular weight excluding hydrogens is 497 g/mol. The van der Waals surface area contributed by atoms with E-state index in [0.717, 1.165) is 0 Å². The summed E-state index contributed by atoms with van der Waals surface area (Å²) >= 11 is 12.1. The zero-order chi connectivity index (χ0) is 25.1. The SMILES string of the molecule is O=C(O)C[C@H](Nc1c(N2CCNCC2)c(=O)c1=O)c1ccc(NC(=O)c2c(Cl)cncc2Cl)cc1. The molecule has 1 saturated heterocycles. The van der Waals surface area contributed by atoms with Crippen LogP contribution in [0.5, 0.6) is 0 Å². The predicted molar refractivity (Wildman–Crippen MR) is 134 cm³/mol. The summed E-state index contributed by atoms with van der Waals surface area (Å²) in [5, 5.41) is 18.5. The highest BCUT2D eigenvalue weighted by atomic mass is 35.5. The van der Waals surface area contributed by atoms with Gasteiger partial charge >= 0.3 is 5.97 Å². The number of hydrogen-bond acceptors (Lipinski definition) is 8. The Bertz CT molecular complexity index is 1310. The molecule has 1 fully saturated rings. The summed E-state index contributed by atoms with van der Waals surface area (Å²) in [5.41, 5.74) is 0.249. The van der Waals surface area contributed by atoms with Crippen LogP contribution in [0, 0.1) is 0 Å². The van der Waals surface area contributed by atoms with Gasteiger partial charge in [0, 0.05) is 44.3 Å². The van der Waals surface area contributed by atoms with Crippen molar-refractivity contribution >= 4 is 52.1 Å². The summed E-state index contributed by atoms with van der Waals surface area (Å²) in [6.45, 7) is 2.51. The van der Waals surface area contributed by atoms with Gasteiger partial charge < -0.3 is 26.0 Å². The molecule has 1 aromatic heterocycles. The third-order valence-electron chi connectivity index (χ3n) is 5.67. The number of nitrogens with one attached hydrogen (secondary N) is 3. The van der Waals surface area contributed by atoms with E-state index in [4.69, 9.17) is 23.2 Å². The number of carbonyl (C=O) groups is 2. The van der Waals surface area contributed by atoms with Crippen molar-refractivity contribution in [1.29, 1.82) is 0 Å². The Kier molecular flexibility index (Phi) is 7.34. The zero-order valence-corrected chi connectivity index (χ0v) is 19.8. The number of nitrogens with zero attached hydrogens (tertiary/aromatic N) is 2. The van der Waals surface area contributed by atoms with E-state index < -0.39 is 28.8 Å². The Labute approximate surface area is 209 Å². The van der Waals surface area contributed by atoms with E-state index in [1.165, 1.54) is 12.4 Å². The molecular formula is C23H21Cl2N5O5. The van der Waals surface area contributed by atoms with Crippen LogP contribution in [0.1, 0.15) is 28.4 Å². The number of carboxylic acid groups (broad SMARTS) is 1. The number of aliphatic carboxylic acids is 1. The van der Waals surface area contributed by atoms with Gasteiger partial charge in [0.2, 0.25) is 0 Å². The molecule has 1 amide bonds. The van der Waals surface area contributed by atoms with Gasteiger partial charge in [-0.1, -0.05) is 35.3 Å². The maximum Gasteiger partial charge on any atom is 0.305 e. The topological polar surface area (TPSA) is 141 Å². The van der Waals surface area contributed by atoms with E-state index in [0.29, 0.717) is 43.1 Å². The summed E-state index contributed by atoms with van der Waals surface area (Å²) < 4.78 is 0. The van der Waals surface area contributed by atoms with Crippen molar-refractivity contribution in [2.45, 2.75) is 12.5 Å². The van der Waals surface area contributed by atoms with Crippen molar-refractivity contribution in [3.63, 3.8) is 0 Å². The quantitative estimate of drug-likeness (QED) is 0.331. The minimum absolute atomic E-state index is 0.0818. The number of amides is 1. The molecule has 2 aromatic carbocycles. The van der Waals surface area contributed by atoms with Gasteiger partial charge in [-0.15, -0.1) is 0 Å². The molecule has 12 heteroatoms. The smallest absolute Gasteiger partial charge is 0.305 e. The van der Waals surface area contributed by atoms with Gasteiger partial charge in [0.1, 0.15) is 11.4 Å². The Hall–Kier alpha value is -3.47. The van der Waals surface area contributed by atoms with Crippen LogP contribution in [-0.2, 0) is 4.79 Å². The molecule has 35 heavy (non-hydrogen) atoms. The number of hydrogen-bond donors (Lipinski definition) is 4. The maximum absolute atomic E-state index is 12.6. The zero-order valence-electron chi connectivity index (χ0n) is 18.3. The van der Waals surface area contributed by atoms with E-state index in [1.807, 2.05) is 4.90 Å². The summed E-state index contributed by atoms with van der Waals surface area (Å²) in [6, 6.07) is 5.66. The highest BCUT2D eigenvalue weighted by Crippen LogP contribution is 2.29. The van der Waals surface area contributed by atoms with Crippen LogP contribution in [0.25, 0.3) is 0 Å². The van der Waals surface area contributed by atoms with Crippen molar-refractivity contribution in [1.82, 2.24) is 10.3 Å². The lowest BCUT2D eigenvalue weighted by Gasteiger charge is -2.32. The lowest BCUT2D eigenvalue weighted by molar-refractivity contribution is -0.137. The molecule has 0 spiro atoms. The molecule has 0 saturated carbocycles. The third kappa shape index (κ3) is 5.29. The maximum atomic E-state index is 12.6. The van der Waals surface area contributed by atoms with Crippen LogP contribution in [0.4, 0.5) is 17.1 Å². The van der Waals surface area contributed by atoms with Gasteiger partial charge in [0.15, 0.2) is 0 Å². The Morgan fingerprint density at radius 1 is 1.06 bits per heavy atom. The number of piperazine rings is 1. The van der Waals surface area contributed by atoms with Gasteiger partial charge in [-0.05, 0) is 17.7 Å². The second kappa shape index (κ2) is 10.4. The average Bonchev–Trinajstić information content (AvgIpc) is 2.83. The monoisotopic (exact) mass is 517 g/mol. The first kappa shape index (κ1) is 24.6. The number of pyridine rings is 1. The van der Waals surface area contributed by atoms with E-state index in [9.17, 15) is 24.3 Å². The number of carbonyl (C=O) groups excluding carboxylic acids is 1. The molecule has 1 aliphatic heterocycles. The van der Waals surface area contributed by atoms with Gasteiger partial charge in [0.05, 0.1) is 28.1 Å². The van der Waals surface area contributed by atoms with Crippen LogP contribution in [0.3, 0.4) is 0 Å². The number of benzene rings is 1. The highest BCUT2D eigenvalue weighted by molar-refractivity contribution is 6.40. The molecule has 1 atom stereocenters. The van der Waals surface area contributed by atoms with Crippen molar-refractivity contribution < 1.29 is 14.7 Å². The van der Waals surface area contributed by atoms with Gasteiger partial charge in [0.25, 0.3) is 16.8 Å². The normalized spacial score (nSPS) is 14.5. The minimum Gasteiger partial charge on any atom is -0.481 e. The Morgan fingerprint density at radius 3 is 2.29 bits per heavy atom. The molecule has 0 unspecified atom stereocenters. The Morgan fingerprint density at radius 2 is 1.69 bits per heavy atom. The number of aromatic nitrogens is 1. The van der Waals surface area contributed by atoms with Gasteiger partial charge in [-0.3, -0.25) is 24.2 Å². The van der Waals surface area contributed by atoms with Crippen molar-refractivity contribution in [3.05, 3.63) is 78.3 Å². The standard InChI is InChI=1S/C23H21Cl2N5O5/c24-14-10-27-11-15(25)18(14)23(35)28-13-3-1-12(2-4-13)16(9-17(31)32)29-19-20(22(34)21(19)33)30-7-5-26-6-8-30/h1-4,10-11,16,26,29H,5-9H2,(H,28,35)(H,31,32)/t16-/m0/s1. The van der Waals surface area contributed by atoms with Crippen LogP contribution < -0.4 is 31.7 Å². The summed E-state index contributed by atoms with van der Waals surface area (Å²) in [5.74, 6) is -1.61. The van der Waals surface area contributed by atoms with Crippen LogP contribution in [0.15, 0.2) is 46.2 Å². The molecule has 0 radical (unpaired) electrons. The fourth-order valence-electron chi connectivity index (χ4n) is 3.93. The molecule has 4 N–H and O–H groups in total. The highest BCUT2D eigenvalue weighted by Gasteiger charge is 2.29. The largest absolute Gasteiger partial charge is 0.481 e. The first-order valence-corrected chi connectivity index (χ1v) is 11.5. The predicted octanol–water partition coefficient (Wildman–Crippen LogP) is 2.27. The van der Waals surface area contributed by atoms with E-state index in [1.54, 1.807) is 24.3 Å². The first-order valence-electron chi connectivity index (χ1n) is 10.7. The lowest BCUT2D eigenvalue weighted by atomic mass is 10.0. The molecule has 0 aliphatic carbocycles. The van der Waals surface area contributed by atoms with Crippen LogP contribution in [-0.4, -0.2) is 48.1 Å². The minimum atomic E-state index is -1.08. The Balaban J connectivity index is 1.54. The molecule has 2 heterocycles. The summed E-state index contributed by atoms with van der Waals surface area (Å²) in [7, 11) is 0. The molecule has 4 rings (SSSR count). The fourth-order valence-corrected chi connectivity index (χ4v) is 4.46.